The molecular formula is C19H20N6O2S. The smallest absolute Gasteiger partial charge is 0.264 e. The van der Waals surface area contributed by atoms with Crippen molar-refractivity contribution in [2.45, 2.75) is 12.1 Å². The molecule has 0 spiro atoms. The molecule has 1 aromatic heterocycles. The number of methoxy groups -OCH3 is 1. The van der Waals surface area contributed by atoms with E-state index < -0.39 is 0 Å². The zero-order valence-electron chi connectivity index (χ0n) is 15.5. The molecule has 3 aromatic rings. The molecule has 0 bridgehead atoms. The molecule has 0 aliphatic heterocycles. The van der Waals surface area contributed by atoms with Crippen molar-refractivity contribution in [3.8, 4) is 5.75 Å². The summed E-state index contributed by atoms with van der Waals surface area (Å²) in [5.74, 6) is 7.27. The van der Waals surface area contributed by atoms with Gasteiger partial charge in [0.2, 0.25) is 5.16 Å². The first-order valence-electron chi connectivity index (χ1n) is 8.44. The molecule has 0 aliphatic carbocycles. The number of rotatable bonds is 8. The molecule has 0 fully saturated rings. The molecule has 0 unspecified atom stereocenters. The molecular weight excluding hydrogens is 376 g/mol. The van der Waals surface area contributed by atoms with Crippen LogP contribution in [-0.2, 0) is 0 Å². The Morgan fingerprint density at radius 2 is 1.86 bits per heavy atom. The quantitative estimate of drug-likeness (QED) is 0.198. The highest BCUT2D eigenvalue weighted by atomic mass is 32.2. The summed E-state index contributed by atoms with van der Waals surface area (Å²) in [5, 5.41) is 12.7. The monoisotopic (exact) mass is 396 g/mol. The molecule has 28 heavy (non-hydrogen) atoms. The van der Waals surface area contributed by atoms with Crippen LogP contribution in [0.1, 0.15) is 22.8 Å². The van der Waals surface area contributed by atoms with Gasteiger partial charge in [0.15, 0.2) is 5.78 Å². The Balaban J connectivity index is 1.61. The lowest BCUT2D eigenvalue weighted by Gasteiger charge is -2.05. The van der Waals surface area contributed by atoms with E-state index in [-0.39, 0.29) is 17.5 Å². The molecule has 0 aliphatic rings. The number of ketones is 1. The van der Waals surface area contributed by atoms with Gasteiger partial charge in [-0.15, -0.1) is 10.2 Å². The highest BCUT2D eigenvalue weighted by Crippen LogP contribution is 2.18. The van der Waals surface area contributed by atoms with E-state index in [1.165, 1.54) is 16.4 Å². The fraction of sp³-hybridized carbons (Fsp3) is 0.158. The Bertz CT molecular complexity index is 970. The van der Waals surface area contributed by atoms with Crippen molar-refractivity contribution in [1.82, 2.24) is 14.9 Å². The van der Waals surface area contributed by atoms with Crippen molar-refractivity contribution in [3.63, 3.8) is 0 Å². The van der Waals surface area contributed by atoms with Gasteiger partial charge in [-0.05, 0) is 36.8 Å². The number of nitrogen functional groups attached to an aromatic ring is 1. The van der Waals surface area contributed by atoms with Crippen LogP contribution in [0.5, 0.6) is 5.75 Å². The number of anilines is 1. The van der Waals surface area contributed by atoms with Crippen LogP contribution in [-0.4, -0.2) is 39.2 Å². The zero-order chi connectivity index (χ0) is 19.9. The van der Waals surface area contributed by atoms with E-state index in [4.69, 9.17) is 10.6 Å². The van der Waals surface area contributed by atoms with Crippen LogP contribution in [0.15, 0.2) is 64.9 Å². The molecule has 0 radical (unpaired) electrons. The van der Waals surface area contributed by atoms with Crippen molar-refractivity contribution in [3.05, 3.63) is 65.7 Å². The predicted molar refractivity (Wildman–Crippen MR) is 110 cm³/mol. The number of ether oxygens (including phenoxy) is 1. The number of nitrogens with zero attached hydrogens (tertiary/aromatic N) is 4. The van der Waals surface area contributed by atoms with Gasteiger partial charge in [-0.1, -0.05) is 42.1 Å². The molecule has 8 nitrogen and oxygen atoms in total. The second-order valence-corrected chi connectivity index (χ2v) is 6.73. The fourth-order valence-corrected chi connectivity index (χ4v) is 3.07. The molecule has 9 heteroatoms. The third-order valence-corrected chi connectivity index (χ3v) is 4.87. The summed E-state index contributed by atoms with van der Waals surface area (Å²) in [7, 11) is 1.62. The Labute approximate surface area is 166 Å². The van der Waals surface area contributed by atoms with Gasteiger partial charge >= 0.3 is 0 Å². The van der Waals surface area contributed by atoms with Gasteiger partial charge in [0.05, 0.1) is 18.6 Å². The number of benzene rings is 2. The van der Waals surface area contributed by atoms with E-state index in [1.807, 2.05) is 49.4 Å². The molecule has 144 valence electrons. The van der Waals surface area contributed by atoms with E-state index in [0.29, 0.717) is 10.7 Å². The normalized spacial score (nSPS) is 11.3. The number of hydrogen-bond acceptors (Lipinski definition) is 8. The molecule has 3 N–H and O–H groups in total. The third kappa shape index (κ3) is 4.68. The number of nitrogens with two attached hydrogens (primary N) is 1. The minimum absolute atomic E-state index is 0.00326. The van der Waals surface area contributed by atoms with Gasteiger partial charge in [0, 0.05) is 5.56 Å². The van der Waals surface area contributed by atoms with Crippen molar-refractivity contribution in [2.75, 3.05) is 24.1 Å². The summed E-state index contributed by atoms with van der Waals surface area (Å²) in [4.78, 5) is 12.2. The summed E-state index contributed by atoms with van der Waals surface area (Å²) in [6, 6.07) is 16.6. The molecule has 0 saturated carbocycles. The Morgan fingerprint density at radius 3 is 2.54 bits per heavy atom. The topological polar surface area (TPSA) is 107 Å². The average Bonchev–Trinajstić information content (AvgIpc) is 3.10. The van der Waals surface area contributed by atoms with E-state index in [1.54, 1.807) is 19.2 Å². The maximum atomic E-state index is 12.2. The van der Waals surface area contributed by atoms with Crippen LogP contribution in [0.4, 0.5) is 5.95 Å². The number of hydrazone groups is 1. The van der Waals surface area contributed by atoms with Crippen LogP contribution in [0.3, 0.4) is 0 Å². The summed E-state index contributed by atoms with van der Waals surface area (Å²) < 4.78 is 6.42. The minimum atomic E-state index is -0.00326. The van der Waals surface area contributed by atoms with Gasteiger partial charge in [-0.2, -0.15) is 5.10 Å². The highest BCUT2D eigenvalue weighted by molar-refractivity contribution is 7.99. The number of aromatic nitrogens is 3. The van der Waals surface area contributed by atoms with Crippen LogP contribution < -0.4 is 16.0 Å². The largest absolute Gasteiger partial charge is 0.497 e. The lowest BCUT2D eigenvalue weighted by atomic mass is 10.1. The van der Waals surface area contributed by atoms with Crippen LogP contribution in [0.2, 0.25) is 0 Å². The lowest BCUT2D eigenvalue weighted by Crippen LogP contribution is -2.14. The molecule has 2 aromatic carbocycles. The van der Waals surface area contributed by atoms with Crippen molar-refractivity contribution >= 4 is 29.2 Å². The second-order valence-electron chi connectivity index (χ2n) is 5.79. The van der Waals surface area contributed by atoms with Gasteiger partial charge in [0.25, 0.3) is 5.95 Å². The number of hydrogen-bond donors (Lipinski definition) is 2. The molecule has 3 rings (SSSR count). The summed E-state index contributed by atoms with van der Waals surface area (Å²) >= 11 is 1.22. The van der Waals surface area contributed by atoms with Crippen molar-refractivity contribution in [2.24, 2.45) is 5.10 Å². The summed E-state index contributed by atoms with van der Waals surface area (Å²) in [6.07, 6.45) is 0. The van der Waals surface area contributed by atoms with Crippen LogP contribution >= 0.6 is 11.8 Å². The number of carbonyl (C=O) groups excluding carboxylic acids is 1. The first-order chi connectivity index (χ1) is 13.6. The maximum absolute atomic E-state index is 12.2. The van der Waals surface area contributed by atoms with E-state index in [9.17, 15) is 4.79 Å². The molecule has 0 saturated heterocycles. The van der Waals surface area contributed by atoms with E-state index >= 15 is 0 Å². The molecule has 0 amide bonds. The van der Waals surface area contributed by atoms with E-state index in [0.717, 1.165) is 17.0 Å². The molecule has 0 atom stereocenters. The SMILES string of the molecule is COc1ccc(/C(C)=N/Nc2nnc(SCC(=O)c3ccccc3)n2N)cc1. The number of nitrogens with one attached hydrogen (secondary N) is 1. The lowest BCUT2D eigenvalue weighted by molar-refractivity contribution is 0.102. The Morgan fingerprint density at radius 1 is 1.14 bits per heavy atom. The van der Waals surface area contributed by atoms with Gasteiger partial charge in [-0.3, -0.25) is 4.79 Å². The summed E-state index contributed by atoms with van der Waals surface area (Å²) in [6.45, 7) is 1.86. The maximum Gasteiger partial charge on any atom is 0.264 e. The molecule has 1 heterocycles. The van der Waals surface area contributed by atoms with Gasteiger partial charge in [-0.25, -0.2) is 10.1 Å². The number of thioether (sulfide) groups is 1. The Hall–Kier alpha value is -3.33. The minimum Gasteiger partial charge on any atom is -0.497 e. The third-order valence-electron chi connectivity index (χ3n) is 3.92. The Kier molecular flexibility index (Phi) is 6.28. The number of Topliss-reactive ketones (excluding diaryl/α,β-unsaturated/α-hetero) is 1. The van der Waals surface area contributed by atoms with Crippen molar-refractivity contribution < 1.29 is 9.53 Å². The first kappa shape index (κ1) is 19.4. The number of carbonyl (C=O) groups is 1. The van der Waals surface area contributed by atoms with E-state index in [2.05, 4.69) is 20.7 Å². The second kappa shape index (κ2) is 9.05. The highest BCUT2D eigenvalue weighted by Gasteiger charge is 2.13. The average molecular weight is 396 g/mol. The van der Waals surface area contributed by atoms with Crippen LogP contribution in [0.25, 0.3) is 0 Å². The van der Waals surface area contributed by atoms with Gasteiger partial charge in [0.1, 0.15) is 5.75 Å². The summed E-state index contributed by atoms with van der Waals surface area (Å²) in [5.41, 5.74) is 5.13. The zero-order valence-corrected chi connectivity index (χ0v) is 16.3. The first-order valence-corrected chi connectivity index (χ1v) is 9.43. The van der Waals surface area contributed by atoms with Crippen molar-refractivity contribution in [1.29, 1.82) is 0 Å². The van der Waals surface area contributed by atoms with Gasteiger partial charge < -0.3 is 10.6 Å². The predicted octanol–water partition coefficient (Wildman–Crippen LogP) is 2.81. The standard InChI is InChI=1S/C19H20N6O2S/c1-13(14-8-10-16(27-2)11-9-14)21-22-18-23-24-19(25(18)20)28-12-17(26)15-6-4-3-5-7-15/h3-11H,12,20H2,1-2H3,(H,22,23)/b21-13+. The van der Waals surface area contributed by atoms with Crippen LogP contribution in [0, 0.1) is 0 Å². The fourth-order valence-electron chi connectivity index (χ4n) is 2.32.